The lowest BCUT2D eigenvalue weighted by atomic mass is 9.83. The summed E-state index contributed by atoms with van der Waals surface area (Å²) in [7, 11) is 2.13. The van der Waals surface area contributed by atoms with Crippen LogP contribution in [0.5, 0.6) is 0 Å². The minimum Gasteiger partial charge on any atom is -0.346 e. The van der Waals surface area contributed by atoms with Gasteiger partial charge in [0.25, 0.3) is 0 Å². The molecule has 0 N–H and O–H groups in total. The summed E-state index contributed by atoms with van der Waals surface area (Å²) in [5.74, 6) is 0.159. The van der Waals surface area contributed by atoms with E-state index in [1.807, 2.05) is 13.0 Å². The lowest BCUT2D eigenvalue weighted by Crippen LogP contribution is -2.24. The van der Waals surface area contributed by atoms with E-state index in [0.717, 1.165) is 5.57 Å². The molecule has 1 aromatic carbocycles. The van der Waals surface area contributed by atoms with Crippen molar-refractivity contribution in [1.82, 2.24) is 0 Å². The molecule has 0 spiro atoms. The number of carbonyl (C=O) groups excluding carboxylic acids is 1. The largest absolute Gasteiger partial charge is 0.346 e. The number of carbonyl (C=O) groups is 1. The first-order valence-electron chi connectivity index (χ1n) is 7.98. The van der Waals surface area contributed by atoms with Gasteiger partial charge in [0, 0.05) is 34.3 Å². The van der Waals surface area contributed by atoms with Gasteiger partial charge in [0.15, 0.2) is 5.78 Å². The molecule has 23 heavy (non-hydrogen) atoms. The van der Waals surface area contributed by atoms with Gasteiger partial charge in [-0.3, -0.25) is 4.79 Å². The van der Waals surface area contributed by atoms with Crippen molar-refractivity contribution >= 4 is 23.2 Å². The van der Waals surface area contributed by atoms with Crippen LogP contribution in [0.15, 0.2) is 58.7 Å². The minimum atomic E-state index is -0.0586. The molecule has 3 rings (SSSR count). The van der Waals surface area contributed by atoms with Crippen LogP contribution in [0, 0.1) is 0 Å². The number of anilines is 1. The van der Waals surface area contributed by atoms with Crippen LogP contribution < -0.4 is 4.90 Å². The van der Waals surface area contributed by atoms with Crippen LogP contribution in [-0.2, 0) is 10.2 Å². The highest BCUT2D eigenvalue weighted by Gasteiger charge is 2.41. The topological polar surface area (TPSA) is 20.3 Å². The molecule has 0 radical (unpaired) electrons. The Morgan fingerprint density at radius 2 is 2.00 bits per heavy atom. The van der Waals surface area contributed by atoms with E-state index in [2.05, 4.69) is 62.2 Å². The number of benzene rings is 1. The molecule has 2 nitrogen and oxygen atoms in total. The number of Topliss-reactive ketones (excluding diaryl/α,β-unsaturated/α-hetero) is 1. The number of likely N-dealkylation sites (N-methyl/N-ethyl adjacent to an activating group) is 1. The minimum absolute atomic E-state index is 0.0586. The number of hydrogen-bond acceptors (Lipinski definition) is 3. The predicted octanol–water partition coefficient (Wildman–Crippen LogP) is 4.83. The molecular weight excluding hydrogens is 302 g/mol. The zero-order valence-electron chi connectivity index (χ0n) is 14.4. The first kappa shape index (κ1) is 16.1. The highest BCUT2D eigenvalue weighted by Crippen LogP contribution is 2.52. The first-order valence-corrected chi connectivity index (χ1v) is 8.86. The van der Waals surface area contributed by atoms with E-state index in [1.165, 1.54) is 21.9 Å². The smallest absolute Gasteiger partial charge is 0.157 e. The summed E-state index contributed by atoms with van der Waals surface area (Å²) < 4.78 is 0. The average molecular weight is 325 g/mol. The molecule has 0 amide bonds. The van der Waals surface area contributed by atoms with Gasteiger partial charge in [0.1, 0.15) is 0 Å². The maximum atomic E-state index is 12.0. The Morgan fingerprint density at radius 1 is 1.30 bits per heavy atom. The Labute approximate surface area is 143 Å². The van der Waals surface area contributed by atoms with Gasteiger partial charge in [-0.1, -0.05) is 44.2 Å². The number of para-hydroxylation sites is 1. The third-order valence-corrected chi connectivity index (χ3v) is 5.95. The zero-order valence-corrected chi connectivity index (χ0v) is 15.2. The van der Waals surface area contributed by atoms with Crippen LogP contribution in [0.3, 0.4) is 0 Å². The van der Waals surface area contributed by atoms with Gasteiger partial charge in [-0.2, -0.15) is 0 Å². The summed E-state index contributed by atoms with van der Waals surface area (Å²) in [6, 6.07) is 8.56. The third kappa shape index (κ3) is 2.47. The number of fused-ring (bicyclic) bond motifs is 1. The quantitative estimate of drug-likeness (QED) is 0.726. The molecule has 0 aliphatic carbocycles. The summed E-state index contributed by atoms with van der Waals surface area (Å²) in [6.07, 6.45) is 6.23. The van der Waals surface area contributed by atoms with E-state index < -0.39 is 0 Å². The summed E-state index contributed by atoms with van der Waals surface area (Å²) >= 11 is 1.78. The fourth-order valence-electron chi connectivity index (χ4n) is 3.64. The van der Waals surface area contributed by atoms with Crippen LogP contribution >= 0.6 is 11.8 Å². The van der Waals surface area contributed by atoms with Crippen molar-refractivity contribution < 1.29 is 4.79 Å². The van der Waals surface area contributed by atoms with Gasteiger partial charge < -0.3 is 4.90 Å². The van der Waals surface area contributed by atoms with Crippen molar-refractivity contribution in [2.24, 2.45) is 0 Å². The molecule has 2 aliphatic rings. The standard InChI is InChI=1S/C20H23NOS/c1-6-9-17-14(13(2)22)12-18(23-17)19-20(3,4)15-10-7-8-11-16(15)21(19)5/h6-12,17H,1-5H3. The molecule has 2 heterocycles. The lowest BCUT2D eigenvalue weighted by molar-refractivity contribution is -0.113. The average Bonchev–Trinajstić information content (AvgIpc) is 2.98. The molecule has 0 bridgehead atoms. The van der Waals surface area contributed by atoms with Gasteiger partial charge in [-0.25, -0.2) is 0 Å². The highest BCUT2D eigenvalue weighted by atomic mass is 32.2. The van der Waals surface area contributed by atoms with Crippen molar-refractivity contribution in [3.63, 3.8) is 0 Å². The highest BCUT2D eigenvalue weighted by molar-refractivity contribution is 8.04. The summed E-state index contributed by atoms with van der Waals surface area (Å²) in [4.78, 5) is 15.5. The molecule has 1 aromatic rings. The second-order valence-corrected chi connectivity index (χ2v) is 7.82. The van der Waals surface area contributed by atoms with E-state index in [-0.39, 0.29) is 16.4 Å². The first-order chi connectivity index (χ1) is 10.9. The lowest BCUT2D eigenvalue weighted by Gasteiger charge is -2.26. The summed E-state index contributed by atoms with van der Waals surface area (Å²) in [6.45, 7) is 8.20. The van der Waals surface area contributed by atoms with Crippen LogP contribution in [0.2, 0.25) is 0 Å². The molecule has 1 unspecified atom stereocenters. The van der Waals surface area contributed by atoms with Crippen molar-refractivity contribution in [1.29, 1.82) is 0 Å². The van der Waals surface area contributed by atoms with E-state index in [9.17, 15) is 4.79 Å². The Hall–Kier alpha value is -1.74. The van der Waals surface area contributed by atoms with Gasteiger partial charge >= 0.3 is 0 Å². The molecule has 120 valence electrons. The second-order valence-electron chi connectivity index (χ2n) is 6.63. The predicted molar refractivity (Wildman–Crippen MR) is 99.9 cm³/mol. The Balaban J connectivity index is 2.15. The maximum absolute atomic E-state index is 12.0. The molecule has 0 aromatic heterocycles. The fourth-order valence-corrected chi connectivity index (χ4v) is 5.21. The third-order valence-electron chi connectivity index (χ3n) is 4.72. The number of rotatable bonds is 2. The Kier molecular flexibility index (Phi) is 4.01. The van der Waals surface area contributed by atoms with Gasteiger partial charge in [-0.15, -0.1) is 11.8 Å². The Morgan fingerprint density at radius 3 is 2.61 bits per heavy atom. The van der Waals surface area contributed by atoms with Crippen molar-refractivity contribution in [3.05, 3.63) is 64.2 Å². The van der Waals surface area contributed by atoms with Crippen molar-refractivity contribution in [2.75, 3.05) is 11.9 Å². The number of allylic oxidation sites excluding steroid dienone is 3. The van der Waals surface area contributed by atoms with Gasteiger partial charge in [0.2, 0.25) is 0 Å². The van der Waals surface area contributed by atoms with Crippen LogP contribution in [-0.4, -0.2) is 18.1 Å². The molecule has 2 aliphatic heterocycles. The summed E-state index contributed by atoms with van der Waals surface area (Å²) in [5, 5.41) is 0.132. The monoisotopic (exact) mass is 325 g/mol. The zero-order chi connectivity index (χ0) is 16.8. The van der Waals surface area contributed by atoms with Crippen molar-refractivity contribution in [3.8, 4) is 0 Å². The van der Waals surface area contributed by atoms with E-state index in [1.54, 1.807) is 18.7 Å². The number of thioether (sulfide) groups is 1. The molecular formula is C20H23NOS. The van der Waals surface area contributed by atoms with E-state index in [0.29, 0.717) is 0 Å². The maximum Gasteiger partial charge on any atom is 0.157 e. The van der Waals surface area contributed by atoms with Crippen LogP contribution in [0.1, 0.15) is 33.3 Å². The van der Waals surface area contributed by atoms with Gasteiger partial charge in [-0.05, 0) is 31.6 Å². The van der Waals surface area contributed by atoms with E-state index in [4.69, 9.17) is 0 Å². The molecule has 0 saturated carbocycles. The molecule has 1 atom stereocenters. The van der Waals surface area contributed by atoms with Crippen LogP contribution in [0.4, 0.5) is 5.69 Å². The molecule has 3 heteroatoms. The fraction of sp³-hybridized carbons (Fsp3) is 0.350. The SMILES string of the molecule is CC=CC1SC(=C2N(C)c3ccccc3C2(C)C)C=C1C(C)=O. The summed E-state index contributed by atoms with van der Waals surface area (Å²) in [5.41, 5.74) is 4.73. The van der Waals surface area contributed by atoms with Gasteiger partial charge in [0.05, 0.1) is 5.25 Å². The Bertz CT molecular complexity index is 755. The molecule has 0 saturated heterocycles. The normalized spacial score (nSPS) is 25.9. The van der Waals surface area contributed by atoms with Crippen LogP contribution in [0.25, 0.3) is 0 Å². The number of hydrogen-bond donors (Lipinski definition) is 0. The number of nitrogens with zero attached hydrogens (tertiary/aromatic N) is 1. The van der Waals surface area contributed by atoms with Crippen molar-refractivity contribution in [2.45, 2.75) is 38.4 Å². The molecule has 0 fully saturated rings. The second kappa shape index (κ2) is 5.72. The van der Waals surface area contributed by atoms with E-state index >= 15 is 0 Å². The number of ketones is 1.